The van der Waals surface area contributed by atoms with Gasteiger partial charge in [-0.05, 0) is 30.9 Å². The molecular weight excluding hydrogens is 444 g/mol. The Bertz CT molecular complexity index is 836. The maximum Gasteiger partial charge on any atom is 0.416 e. The van der Waals surface area contributed by atoms with E-state index in [-0.39, 0.29) is 54.9 Å². The predicted molar refractivity (Wildman–Crippen MR) is 119 cm³/mol. The fraction of sp³-hybridized carbons (Fsp3) is 0.611. The molecule has 6 N–H and O–H groups in total. The molecule has 0 fully saturated rings. The number of ether oxygens (including phenoxy) is 2. The fourth-order valence-electron chi connectivity index (χ4n) is 3.02. The quantitative estimate of drug-likeness (QED) is 0.148. The first-order valence-electron chi connectivity index (χ1n) is 10.2. The first-order valence-corrected chi connectivity index (χ1v) is 10.5. The lowest BCUT2D eigenvalue weighted by Crippen LogP contribution is -2.50. The van der Waals surface area contributed by atoms with Crippen LogP contribution < -0.4 is 31.5 Å². The van der Waals surface area contributed by atoms with Crippen molar-refractivity contribution in [3.63, 3.8) is 0 Å². The SMILES string of the molecule is CCCCCOC(=O)N1CN(N[C@H](CCCN=C(N)N)C(=O)O)c2nc(Cl)nc(OC)c21. The number of amides is 1. The minimum Gasteiger partial charge on any atom is -0.480 e. The van der Waals surface area contributed by atoms with E-state index in [0.717, 1.165) is 19.3 Å². The number of anilines is 2. The van der Waals surface area contributed by atoms with Crippen LogP contribution in [0.4, 0.5) is 16.3 Å². The van der Waals surface area contributed by atoms with Crippen molar-refractivity contribution in [2.45, 2.75) is 45.1 Å². The van der Waals surface area contributed by atoms with Crippen LogP contribution in [0.5, 0.6) is 5.88 Å². The Balaban J connectivity index is 2.21. The molecule has 1 aromatic rings. The molecule has 0 radical (unpaired) electrons. The maximum absolute atomic E-state index is 12.7. The summed E-state index contributed by atoms with van der Waals surface area (Å²) in [5.41, 5.74) is 13.7. The Hall–Kier alpha value is -3.06. The normalized spacial score (nSPS) is 13.5. The van der Waals surface area contributed by atoms with Gasteiger partial charge in [0.25, 0.3) is 0 Å². The second-order valence-electron chi connectivity index (χ2n) is 6.96. The zero-order chi connectivity index (χ0) is 23.7. The number of hydrazine groups is 1. The van der Waals surface area contributed by atoms with Crippen LogP contribution in [0.25, 0.3) is 0 Å². The molecule has 0 bridgehead atoms. The first kappa shape index (κ1) is 25.2. The second-order valence-corrected chi connectivity index (χ2v) is 7.30. The minimum absolute atomic E-state index is 0.0643. The minimum atomic E-state index is -1.09. The average molecular weight is 473 g/mol. The molecule has 32 heavy (non-hydrogen) atoms. The standard InChI is InChI=1S/C18H29ClN8O5/c1-3-4-5-9-32-18(30)26-10-27(13-12(26)14(31-2)24-16(19)23-13)25-11(15(28)29)7-6-8-22-17(20)21/h11,25H,3-10H2,1-2H3,(H,28,29)(H4,20,21,22)/t11-/m1/s1. The molecule has 2 rings (SSSR count). The van der Waals surface area contributed by atoms with Gasteiger partial charge in [0.05, 0.1) is 13.7 Å². The maximum atomic E-state index is 12.7. The van der Waals surface area contributed by atoms with Crippen molar-refractivity contribution in [1.29, 1.82) is 0 Å². The summed E-state index contributed by atoms with van der Waals surface area (Å²) in [5.74, 6) is -0.897. The van der Waals surface area contributed by atoms with E-state index in [9.17, 15) is 14.7 Å². The number of fused-ring (bicyclic) bond motifs is 1. The van der Waals surface area contributed by atoms with E-state index in [2.05, 4.69) is 20.4 Å². The van der Waals surface area contributed by atoms with Crippen molar-refractivity contribution < 1.29 is 24.2 Å². The van der Waals surface area contributed by atoms with Gasteiger partial charge in [-0.15, -0.1) is 0 Å². The highest BCUT2D eigenvalue weighted by atomic mass is 35.5. The number of aliphatic imine (C=N–C) groups is 1. The molecule has 0 saturated carbocycles. The molecule has 0 unspecified atom stereocenters. The number of carboxylic acids is 1. The molecule has 2 heterocycles. The summed E-state index contributed by atoms with van der Waals surface area (Å²) in [5, 5.41) is 10.9. The molecule has 178 valence electrons. The van der Waals surface area contributed by atoms with Crippen LogP contribution >= 0.6 is 11.6 Å². The van der Waals surface area contributed by atoms with Gasteiger partial charge in [-0.1, -0.05) is 19.8 Å². The number of nitrogens with one attached hydrogen (secondary N) is 1. The van der Waals surface area contributed by atoms with E-state index < -0.39 is 18.1 Å². The van der Waals surface area contributed by atoms with E-state index in [0.29, 0.717) is 6.42 Å². The number of guanidine groups is 1. The zero-order valence-corrected chi connectivity index (χ0v) is 18.8. The number of unbranched alkanes of at least 4 members (excludes halogenated alkanes) is 2. The number of aliphatic carboxylic acids is 1. The number of hydrogen-bond acceptors (Lipinski definition) is 9. The number of aromatic nitrogens is 2. The molecule has 0 saturated heterocycles. The smallest absolute Gasteiger partial charge is 0.416 e. The summed E-state index contributed by atoms with van der Waals surface area (Å²) in [4.78, 5) is 37.8. The Morgan fingerprint density at radius 3 is 2.69 bits per heavy atom. The van der Waals surface area contributed by atoms with Gasteiger partial charge >= 0.3 is 12.1 Å². The van der Waals surface area contributed by atoms with Gasteiger partial charge in [0.1, 0.15) is 12.7 Å². The number of nitrogens with zero attached hydrogens (tertiary/aromatic N) is 5. The van der Waals surface area contributed by atoms with E-state index in [1.165, 1.54) is 17.0 Å². The average Bonchev–Trinajstić information content (AvgIpc) is 3.10. The van der Waals surface area contributed by atoms with E-state index >= 15 is 0 Å². The van der Waals surface area contributed by atoms with Crippen LogP contribution in [-0.4, -0.2) is 66.1 Å². The van der Waals surface area contributed by atoms with Crippen molar-refractivity contribution in [3.8, 4) is 5.88 Å². The molecule has 14 heteroatoms. The van der Waals surface area contributed by atoms with Crippen molar-refractivity contribution >= 4 is 41.1 Å². The number of hydrogen-bond donors (Lipinski definition) is 4. The van der Waals surface area contributed by atoms with Crippen LogP contribution in [0.2, 0.25) is 5.28 Å². The number of carbonyl (C=O) groups is 2. The summed E-state index contributed by atoms with van der Waals surface area (Å²) in [6.07, 6.45) is 2.66. The Morgan fingerprint density at radius 1 is 1.31 bits per heavy atom. The number of halogens is 1. The molecule has 1 aromatic heterocycles. The van der Waals surface area contributed by atoms with Gasteiger partial charge < -0.3 is 26.0 Å². The monoisotopic (exact) mass is 472 g/mol. The van der Waals surface area contributed by atoms with E-state index in [1.54, 1.807) is 0 Å². The van der Waals surface area contributed by atoms with Crippen molar-refractivity contribution in [2.24, 2.45) is 16.5 Å². The Morgan fingerprint density at radius 2 is 2.06 bits per heavy atom. The van der Waals surface area contributed by atoms with E-state index in [1.807, 2.05) is 6.92 Å². The lowest BCUT2D eigenvalue weighted by atomic mass is 10.1. The third-order valence-electron chi connectivity index (χ3n) is 4.56. The topological polar surface area (TPSA) is 182 Å². The number of carbonyl (C=O) groups excluding carboxylic acids is 1. The highest BCUT2D eigenvalue weighted by molar-refractivity contribution is 6.28. The highest BCUT2D eigenvalue weighted by Gasteiger charge is 2.38. The molecule has 0 aromatic carbocycles. The van der Waals surface area contributed by atoms with Crippen molar-refractivity contribution in [1.82, 2.24) is 15.4 Å². The zero-order valence-electron chi connectivity index (χ0n) is 18.1. The van der Waals surface area contributed by atoms with Gasteiger partial charge in [0, 0.05) is 6.54 Å². The van der Waals surface area contributed by atoms with Gasteiger partial charge in [0.15, 0.2) is 17.5 Å². The second kappa shape index (κ2) is 12.1. The van der Waals surface area contributed by atoms with Gasteiger partial charge in [0.2, 0.25) is 11.2 Å². The summed E-state index contributed by atoms with van der Waals surface area (Å²) in [7, 11) is 1.38. The largest absolute Gasteiger partial charge is 0.480 e. The van der Waals surface area contributed by atoms with E-state index in [4.69, 9.17) is 32.5 Å². The lowest BCUT2D eigenvalue weighted by Gasteiger charge is -2.24. The number of carboxylic acid groups (broad SMARTS) is 1. The van der Waals surface area contributed by atoms with Crippen LogP contribution in [0.15, 0.2) is 4.99 Å². The van der Waals surface area contributed by atoms with Gasteiger partial charge in [-0.2, -0.15) is 9.97 Å². The van der Waals surface area contributed by atoms with Crippen LogP contribution in [0.1, 0.15) is 39.0 Å². The third-order valence-corrected chi connectivity index (χ3v) is 4.73. The molecular formula is C18H29ClN8O5. The van der Waals surface area contributed by atoms with Crippen molar-refractivity contribution in [2.75, 3.05) is 36.8 Å². The molecule has 13 nitrogen and oxygen atoms in total. The molecule has 1 aliphatic heterocycles. The van der Waals surface area contributed by atoms with Crippen LogP contribution in [0.3, 0.4) is 0 Å². The van der Waals surface area contributed by atoms with Gasteiger partial charge in [-0.3, -0.25) is 14.8 Å². The number of rotatable bonds is 12. The van der Waals surface area contributed by atoms with Crippen LogP contribution in [-0.2, 0) is 9.53 Å². The Kier molecular flexibility index (Phi) is 9.53. The van der Waals surface area contributed by atoms with Crippen molar-refractivity contribution in [3.05, 3.63) is 5.28 Å². The molecule has 0 aliphatic carbocycles. The predicted octanol–water partition coefficient (Wildman–Crippen LogP) is 1.06. The number of methoxy groups -OCH3 is 1. The summed E-state index contributed by atoms with van der Waals surface area (Å²) in [6, 6.07) is -1.00. The molecule has 1 amide bonds. The summed E-state index contributed by atoms with van der Waals surface area (Å²) >= 11 is 6.00. The first-order chi connectivity index (χ1) is 15.3. The Labute approximate surface area is 190 Å². The fourth-order valence-corrected chi connectivity index (χ4v) is 3.18. The summed E-state index contributed by atoms with van der Waals surface area (Å²) in [6.45, 7) is 2.50. The lowest BCUT2D eigenvalue weighted by molar-refractivity contribution is -0.139. The number of nitrogens with two attached hydrogens (primary N) is 2. The molecule has 1 aliphatic rings. The highest BCUT2D eigenvalue weighted by Crippen LogP contribution is 2.41. The molecule has 0 spiro atoms. The van der Waals surface area contributed by atoms with Crippen LogP contribution in [0, 0.1) is 0 Å². The summed E-state index contributed by atoms with van der Waals surface area (Å²) < 4.78 is 10.6. The third kappa shape index (κ3) is 6.72. The van der Waals surface area contributed by atoms with Gasteiger partial charge in [-0.25, -0.2) is 15.1 Å². The molecule has 1 atom stereocenters.